The molecule has 0 saturated carbocycles. The Hall–Kier alpha value is -0.970. The number of rotatable bonds is 2. The Morgan fingerprint density at radius 1 is 1.47 bits per heavy atom. The highest BCUT2D eigenvalue weighted by atomic mass is 35.5. The van der Waals surface area contributed by atoms with Gasteiger partial charge in [-0.15, -0.1) is 0 Å². The largest absolute Gasteiger partial charge is 0.324 e. The van der Waals surface area contributed by atoms with Crippen LogP contribution in [0.1, 0.15) is 6.92 Å². The van der Waals surface area contributed by atoms with Gasteiger partial charge >= 0.3 is 0 Å². The minimum absolute atomic E-state index is 0.446. The molecule has 4 nitrogen and oxygen atoms in total. The highest BCUT2D eigenvalue weighted by Gasteiger charge is 2.03. The zero-order valence-corrected chi connectivity index (χ0v) is 9.73. The highest BCUT2D eigenvalue weighted by Crippen LogP contribution is 2.25. The van der Waals surface area contributed by atoms with Gasteiger partial charge in [0, 0.05) is 11.6 Å². The predicted octanol–water partition coefficient (Wildman–Crippen LogP) is 2.24. The van der Waals surface area contributed by atoms with Crippen molar-refractivity contribution in [3.05, 3.63) is 28.2 Å². The molecule has 0 heterocycles. The minimum atomic E-state index is 0.446. The number of hydrazine groups is 1. The lowest BCUT2D eigenvalue weighted by Gasteiger charge is -2.10. The van der Waals surface area contributed by atoms with Gasteiger partial charge in [0.15, 0.2) is 0 Å². The van der Waals surface area contributed by atoms with Crippen molar-refractivity contribution in [2.45, 2.75) is 6.92 Å². The molecule has 0 unspecified atom stereocenters. The van der Waals surface area contributed by atoms with E-state index < -0.39 is 0 Å². The predicted molar refractivity (Wildman–Crippen MR) is 65.4 cm³/mol. The SMILES string of the molecule is CCN=C(NN)Nc1cc(Cl)ccc1Cl. The molecule has 0 aromatic heterocycles. The van der Waals surface area contributed by atoms with E-state index in [0.29, 0.717) is 28.2 Å². The van der Waals surface area contributed by atoms with Crippen LogP contribution < -0.4 is 16.6 Å². The van der Waals surface area contributed by atoms with E-state index in [4.69, 9.17) is 29.0 Å². The Labute approximate surface area is 98.4 Å². The Morgan fingerprint density at radius 2 is 2.20 bits per heavy atom. The van der Waals surface area contributed by atoms with Crippen molar-refractivity contribution in [1.29, 1.82) is 0 Å². The van der Waals surface area contributed by atoms with Crippen LogP contribution in [-0.4, -0.2) is 12.5 Å². The summed E-state index contributed by atoms with van der Waals surface area (Å²) in [4.78, 5) is 4.08. The molecule has 0 atom stereocenters. The quantitative estimate of drug-likeness (QED) is 0.325. The summed E-state index contributed by atoms with van der Waals surface area (Å²) in [5.41, 5.74) is 3.10. The lowest BCUT2D eigenvalue weighted by Crippen LogP contribution is -2.36. The normalized spacial score (nSPS) is 11.3. The summed E-state index contributed by atoms with van der Waals surface area (Å²) < 4.78 is 0. The van der Waals surface area contributed by atoms with Crippen molar-refractivity contribution in [2.24, 2.45) is 10.8 Å². The monoisotopic (exact) mass is 246 g/mol. The van der Waals surface area contributed by atoms with Crippen LogP contribution in [0.25, 0.3) is 0 Å². The molecule has 1 aromatic rings. The van der Waals surface area contributed by atoms with E-state index in [1.165, 1.54) is 0 Å². The summed E-state index contributed by atoms with van der Waals surface area (Å²) >= 11 is 11.8. The molecule has 0 aliphatic heterocycles. The first-order valence-electron chi connectivity index (χ1n) is 4.40. The van der Waals surface area contributed by atoms with Gasteiger partial charge in [-0.25, -0.2) is 5.84 Å². The van der Waals surface area contributed by atoms with Crippen LogP contribution >= 0.6 is 23.2 Å². The van der Waals surface area contributed by atoms with Crippen LogP contribution in [0.15, 0.2) is 23.2 Å². The molecule has 4 N–H and O–H groups in total. The Morgan fingerprint density at radius 3 is 2.80 bits per heavy atom. The third-order valence-corrected chi connectivity index (χ3v) is 2.20. The average Bonchev–Trinajstić information content (AvgIpc) is 2.22. The topological polar surface area (TPSA) is 62.4 Å². The summed E-state index contributed by atoms with van der Waals surface area (Å²) in [6.07, 6.45) is 0. The second-order valence-electron chi connectivity index (χ2n) is 2.72. The number of nitrogens with one attached hydrogen (secondary N) is 2. The fourth-order valence-corrected chi connectivity index (χ4v) is 1.34. The molecule has 82 valence electrons. The van der Waals surface area contributed by atoms with Crippen molar-refractivity contribution >= 4 is 34.8 Å². The number of nitrogens with two attached hydrogens (primary N) is 1. The van der Waals surface area contributed by atoms with Crippen molar-refractivity contribution in [2.75, 3.05) is 11.9 Å². The van der Waals surface area contributed by atoms with Gasteiger partial charge < -0.3 is 5.32 Å². The molecule has 0 amide bonds. The Bertz CT molecular complexity index is 365. The first kappa shape index (κ1) is 12.1. The van der Waals surface area contributed by atoms with E-state index in [9.17, 15) is 0 Å². The van der Waals surface area contributed by atoms with Crippen LogP contribution in [0.3, 0.4) is 0 Å². The molecule has 1 aromatic carbocycles. The molecule has 0 aliphatic carbocycles. The highest BCUT2D eigenvalue weighted by molar-refractivity contribution is 6.35. The van der Waals surface area contributed by atoms with Crippen LogP contribution in [0.4, 0.5) is 5.69 Å². The summed E-state index contributed by atoms with van der Waals surface area (Å²) in [6.45, 7) is 2.52. The number of aliphatic imine (C=N–C) groups is 1. The first-order valence-corrected chi connectivity index (χ1v) is 5.16. The molecule has 0 aliphatic rings. The molecule has 0 fully saturated rings. The number of guanidine groups is 1. The second kappa shape index (κ2) is 5.80. The summed E-state index contributed by atoms with van der Waals surface area (Å²) in [5.74, 6) is 5.72. The third kappa shape index (κ3) is 3.58. The van der Waals surface area contributed by atoms with Gasteiger partial charge in [-0.2, -0.15) is 0 Å². The zero-order valence-electron chi connectivity index (χ0n) is 8.22. The molecular weight excluding hydrogens is 235 g/mol. The molecule has 0 saturated heterocycles. The van der Waals surface area contributed by atoms with Gasteiger partial charge in [0.1, 0.15) is 0 Å². The Kier molecular flexibility index (Phi) is 4.68. The van der Waals surface area contributed by atoms with Gasteiger partial charge in [0.05, 0.1) is 10.7 Å². The van der Waals surface area contributed by atoms with Crippen LogP contribution in [0.5, 0.6) is 0 Å². The maximum absolute atomic E-state index is 5.95. The minimum Gasteiger partial charge on any atom is -0.324 e. The lowest BCUT2D eigenvalue weighted by atomic mass is 10.3. The molecule has 6 heteroatoms. The fraction of sp³-hybridized carbons (Fsp3) is 0.222. The summed E-state index contributed by atoms with van der Waals surface area (Å²) in [5, 5.41) is 4.08. The number of hydrogen-bond acceptors (Lipinski definition) is 2. The molecule has 0 bridgehead atoms. The van der Waals surface area contributed by atoms with Gasteiger partial charge in [-0.1, -0.05) is 23.2 Å². The average molecular weight is 247 g/mol. The van der Waals surface area contributed by atoms with E-state index in [1.54, 1.807) is 18.2 Å². The van der Waals surface area contributed by atoms with E-state index in [1.807, 2.05) is 6.92 Å². The number of nitrogens with zero attached hydrogens (tertiary/aromatic N) is 1. The van der Waals surface area contributed by atoms with Gasteiger partial charge in [0.25, 0.3) is 0 Å². The number of benzene rings is 1. The van der Waals surface area contributed by atoms with Crippen molar-refractivity contribution in [1.82, 2.24) is 5.43 Å². The number of anilines is 1. The number of halogens is 2. The third-order valence-electron chi connectivity index (χ3n) is 1.63. The maximum atomic E-state index is 5.95. The van der Waals surface area contributed by atoms with Crippen LogP contribution in [-0.2, 0) is 0 Å². The van der Waals surface area contributed by atoms with E-state index >= 15 is 0 Å². The van der Waals surface area contributed by atoms with Crippen molar-refractivity contribution in [3.63, 3.8) is 0 Å². The number of hydrogen-bond donors (Lipinski definition) is 3. The van der Waals surface area contributed by atoms with Gasteiger partial charge in [0.2, 0.25) is 5.96 Å². The second-order valence-corrected chi connectivity index (χ2v) is 3.56. The van der Waals surface area contributed by atoms with Crippen molar-refractivity contribution < 1.29 is 0 Å². The van der Waals surface area contributed by atoms with E-state index in [0.717, 1.165) is 0 Å². The molecule has 0 spiro atoms. The standard InChI is InChI=1S/C9H12Cl2N4/c1-2-13-9(15-12)14-8-5-6(10)3-4-7(8)11/h3-5H,2,12H2,1H3,(H2,13,14,15). The first-order chi connectivity index (χ1) is 7.17. The molecule has 1 rings (SSSR count). The maximum Gasteiger partial charge on any atom is 0.210 e. The molecular formula is C9H12Cl2N4. The van der Waals surface area contributed by atoms with E-state index in [2.05, 4.69) is 15.7 Å². The Balaban J connectivity index is 2.87. The summed E-state index contributed by atoms with van der Waals surface area (Å²) in [7, 11) is 0. The molecule has 0 radical (unpaired) electrons. The van der Waals surface area contributed by atoms with Crippen LogP contribution in [0.2, 0.25) is 10.0 Å². The fourth-order valence-electron chi connectivity index (χ4n) is 1.00. The lowest BCUT2D eigenvalue weighted by molar-refractivity contribution is 0.986. The smallest absolute Gasteiger partial charge is 0.210 e. The van der Waals surface area contributed by atoms with Crippen LogP contribution in [0, 0.1) is 0 Å². The van der Waals surface area contributed by atoms with Gasteiger partial charge in [-0.3, -0.25) is 10.4 Å². The van der Waals surface area contributed by atoms with Gasteiger partial charge in [-0.05, 0) is 25.1 Å². The molecule has 15 heavy (non-hydrogen) atoms. The summed E-state index contributed by atoms with van der Waals surface area (Å²) in [6, 6.07) is 5.11. The van der Waals surface area contributed by atoms with Crippen molar-refractivity contribution in [3.8, 4) is 0 Å². The van der Waals surface area contributed by atoms with E-state index in [-0.39, 0.29) is 0 Å². The zero-order chi connectivity index (χ0) is 11.3.